The zero-order valence-electron chi connectivity index (χ0n) is 13.6. The molecule has 2 nitrogen and oxygen atoms in total. The molecule has 0 aromatic heterocycles. The van der Waals surface area contributed by atoms with Gasteiger partial charge in [-0.3, -0.25) is 0 Å². The van der Waals surface area contributed by atoms with Crippen molar-refractivity contribution in [2.24, 2.45) is 0 Å². The average Bonchev–Trinajstić information content (AvgIpc) is 2.51. The van der Waals surface area contributed by atoms with E-state index in [1.165, 1.54) is 12.1 Å². The van der Waals surface area contributed by atoms with Crippen molar-refractivity contribution in [3.05, 3.63) is 35.4 Å². The van der Waals surface area contributed by atoms with E-state index in [0.29, 0.717) is 6.42 Å². The van der Waals surface area contributed by atoms with Gasteiger partial charge in [0, 0.05) is 0 Å². The van der Waals surface area contributed by atoms with Gasteiger partial charge in [-0.05, 0) is 30.5 Å². The van der Waals surface area contributed by atoms with Crippen LogP contribution in [0.1, 0.15) is 42.1 Å². The number of hydrogen-bond donors (Lipinski definition) is 0. The highest BCUT2D eigenvalue weighted by molar-refractivity contribution is 5.89. The summed E-state index contributed by atoms with van der Waals surface area (Å²) >= 11 is 0. The second-order valence-electron chi connectivity index (χ2n) is 5.62. The fourth-order valence-electron chi connectivity index (χ4n) is 1.95. The first kappa shape index (κ1) is 22.2. The maximum Gasteiger partial charge on any atom is 0.469 e. The lowest BCUT2D eigenvalue weighted by atomic mass is 10.1. The van der Waals surface area contributed by atoms with Crippen molar-refractivity contribution >= 4 is 5.97 Å². The SMILES string of the molecule is CCCCc1ccc(C(=O)OC(F)(F)C(F)(F)C(F)CC(F)(F)F)cc1. The van der Waals surface area contributed by atoms with Gasteiger partial charge in [-0.2, -0.15) is 30.7 Å². The highest BCUT2D eigenvalue weighted by atomic mass is 19.4. The van der Waals surface area contributed by atoms with Crippen LogP contribution in [0.25, 0.3) is 0 Å². The van der Waals surface area contributed by atoms with Crippen LogP contribution in [0.5, 0.6) is 0 Å². The lowest BCUT2D eigenvalue weighted by Gasteiger charge is -2.28. The number of alkyl halides is 8. The quantitative estimate of drug-likeness (QED) is 0.419. The molecule has 1 aromatic rings. The molecule has 0 bridgehead atoms. The number of carbonyl (C=O) groups is 1. The summed E-state index contributed by atoms with van der Waals surface area (Å²) in [6.07, 6.45) is -15.9. The van der Waals surface area contributed by atoms with E-state index in [1.54, 1.807) is 0 Å². The van der Waals surface area contributed by atoms with E-state index in [0.717, 1.165) is 30.5 Å². The molecule has 1 unspecified atom stereocenters. The second kappa shape index (κ2) is 8.22. The molecule has 10 heteroatoms. The third kappa shape index (κ3) is 5.84. The van der Waals surface area contributed by atoms with Crippen molar-refractivity contribution in [1.29, 1.82) is 0 Å². The van der Waals surface area contributed by atoms with Crippen LogP contribution in [0.3, 0.4) is 0 Å². The van der Waals surface area contributed by atoms with Gasteiger partial charge >= 0.3 is 24.2 Å². The summed E-state index contributed by atoms with van der Waals surface area (Å²) in [6, 6.07) is 4.88. The van der Waals surface area contributed by atoms with E-state index < -0.39 is 42.3 Å². The Bertz CT molecular complexity index is 595. The number of hydrogen-bond acceptors (Lipinski definition) is 2. The van der Waals surface area contributed by atoms with Gasteiger partial charge in [0.25, 0.3) is 0 Å². The van der Waals surface area contributed by atoms with Crippen molar-refractivity contribution in [3.8, 4) is 0 Å². The molecule has 0 fully saturated rings. The minimum atomic E-state index is -5.85. The molecule has 0 aliphatic carbocycles. The number of unbranched alkanes of at least 4 members (excludes halogenated alkanes) is 1. The van der Waals surface area contributed by atoms with E-state index in [-0.39, 0.29) is 0 Å². The third-order valence-electron chi connectivity index (χ3n) is 3.42. The smallest absolute Gasteiger partial charge is 0.392 e. The highest BCUT2D eigenvalue weighted by Gasteiger charge is 2.67. The van der Waals surface area contributed by atoms with Crippen LogP contribution in [0.15, 0.2) is 24.3 Å². The lowest BCUT2D eigenvalue weighted by molar-refractivity contribution is -0.344. The van der Waals surface area contributed by atoms with Crippen LogP contribution in [0.4, 0.5) is 35.1 Å². The minimum absolute atomic E-state index is 0.521. The van der Waals surface area contributed by atoms with Crippen molar-refractivity contribution < 1.29 is 44.7 Å². The van der Waals surface area contributed by atoms with Crippen LogP contribution in [-0.2, 0) is 11.2 Å². The lowest BCUT2D eigenvalue weighted by Crippen LogP contribution is -2.51. The van der Waals surface area contributed by atoms with Crippen molar-refractivity contribution in [3.63, 3.8) is 0 Å². The minimum Gasteiger partial charge on any atom is -0.392 e. The van der Waals surface area contributed by atoms with E-state index >= 15 is 0 Å². The Kier molecular flexibility index (Phi) is 7.01. The first-order chi connectivity index (χ1) is 11.8. The molecule has 0 spiro atoms. The predicted molar refractivity (Wildman–Crippen MR) is 75.9 cm³/mol. The molecule has 0 radical (unpaired) electrons. The Morgan fingerprint density at radius 3 is 2.04 bits per heavy atom. The number of benzene rings is 1. The van der Waals surface area contributed by atoms with Gasteiger partial charge in [0.15, 0.2) is 6.17 Å². The van der Waals surface area contributed by atoms with Crippen molar-refractivity contribution in [2.45, 2.75) is 57.0 Å². The van der Waals surface area contributed by atoms with E-state index in [9.17, 15) is 39.9 Å². The molecule has 0 aliphatic heterocycles. The average molecular weight is 392 g/mol. The summed E-state index contributed by atoms with van der Waals surface area (Å²) in [6.45, 7) is 1.94. The van der Waals surface area contributed by atoms with Crippen LogP contribution >= 0.6 is 0 Å². The molecule has 0 saturated carbocycles. The number of carbonyl (C=O) groups excluding carboxylic acids is 1. The predicted octanol–water partition coefficient (Wildman–Crippen LogP) is 5.70. The van der Waals surface area contributed by atoms with Gasteiger partial charge < -0.3 is 4.74 Å². The molecule has 1 atom stereocenters. The Labute approximate surface area is 144 Å². The Hall–Kier alpha value is -1.87. The summed E-state index contributed by atoms with van der Waals surface area (Å²) in [5.41, 5.74) is 0.237. The van der Waals surface area contributed by atoms with Gasteiger partial charge in [0.2, 0.25) is 0 Å². The van der Waals surface area contributed by atoms with Crippen LogP contribution < -0.4 is 0 Å². The summed E-state index contributed by atoms with van der Waals surface area (Å²) in [7, 11) is 0. The highest BCUT2D eigenvalue weighted by Crippen LogP contribution is 2.43. The summed E-state index contributed by atoms with van der Waals surface area (Å²) in [5, 5.41) is 0. The maximum absolute atomic E-state index is 13.4. The first-order valence-corrected chi connectivity index (χ1v) is 7.59. The Morgan fingerprint density at radius 2 is 1.58 bits per heavy atom. The Balaban J connectivity index is 2.85. The van der Waals surface area contributed by atoms with Gasteiger partial charge in [-0.15, -0.1) is 0 Å². The van der Waals surface area contributed by atoms with E-state index in [1.807, 2.05) is 6.92 Å². The second-order valence-corrected chi connectivity index (χ2v) is 5.62. The molecule has 148 valence electrons. The van der Waals surface area contributed by atoms with Gasteiger partial charge in [-0.1, -0.05) is 25.5 Å². The maximum atomic E-state index is 13.4. The molecular weight excluding hydrogens is 376 g/mol. The summed E-state index contributed by atoms with van der Waals surface area (Å²) in [4.78, 5) is 11.6. The summed E-state index contributed by atoms with van der Waals surface area (Å²) in [5.74, 6) is -7.75. The van der Waals surface area contributed by atoms with Crippen LogP contribution in [-0.4, -0.2) is 30.3 Å². The fourth-order valence-corrected chi connectivity index (χ4v) is 1.95. The standard InChI is InChI=1S/C16H16F8O2/c1-2-3-4-10-5-7-11(8-6-10)13(25)26-16(23,24)15(21,22)12(17)9-14(18,19)20/h5-8,12H,2-4,9H2,1H3. The third-order valence-corrected chi connectivity index (χ3v) is 3.42. The van der Waals surface area contributed by atoms with Crippen LogP contribution in [0, 0.1) is 0 Å². The zero-order valence-corrected chi connectivity index (χ0v) is 13.6. The van der Waals surface area contributed by atoms with Gasteiger partial charge in [-0.25, -0.2) is 9.18 Å². The molecule has 26 heavy (non-hydrogen) atoms. The van der Waals surface area contributed by atoms with Crippen LogP contribution in [0.2, 0.25) is 0 Å². The number of ether oxygens (including phenoxy) is 1. The van der Waals surface area contributed by atoms with Crippen molar-refractivity contribution in [2.75, 3.05) is 0 Å². The molecule has 1 rings (SSSR count). The molecule has 0 heterocycles. The van der Waals surface area contributed by atoms with E-state index in [2.05, 4.69) is 4.74 Å². The number of rotatable bonds is 8. The van der Waals surface area contributed by atoms with Gasteiger partial charge in [0.1, 0.15) is 0 Å². The molecule has 0 saturated heterocycles. The fraction of sp³-hybridized carbons (Fsp3) is 0.562. The zero-order chi connectivity index (χ0) is 20.2. The normalized spacial score (nSPS) is 14.2. The molecule has 0 amide bonds. The Morgan fingerprint density at radius 1 is 1.04 bits per heavy atom. The van der Waals surface area contributed by atoms with Gasteiger partial charge in [0.05, 0.1) is 12.0 Å². The molecular formula is C16H16F8O2. The molecule has 0 aliphatic rings. The number of aryl methyl sites for hydroxylation is 1. The largest absolute Gasteiger partial charge is 0.469 e. The number of esters is 1. The topological polar surface area (TPSA) is 26.3 Å². The molecule has 0 N–H and O–H groups in total. The monoisotopic (exact) mass is 392 g/mol. The van der Waals surface area contributed by atoms with Crippen molar-refractivity contribution in [1.82, 2.24) is 0 Å². The summed E-state index contributed by atoms with van der Waals surface area (Å²) < 4.78 is 106. The van der Waals surface area contributed by atoms with E-state index in [4.69, 9.17) is 0 Å². The first-order valence-electron chi connectivity index (χ1n) is 7.59. The number of halogens is 8. The molecule has 1 aromatic carbocycles.